The fourth-order valence-corrected chi connectivity index (χ4v) is 1.83. The normalized spacial score (nSPS) is 10.1. The van der Waals surface area contributed by atoms with Gasteiger partial charge >= 0.3 is 0 Å². The molecule has 0 radical (unpaired) electrons. The first kappa shape index (κ1) is 13.1. The van der Waals surface area contributed by atoms with Gasteiger partial charge in [0.1, 0.15) is 11.5 Å². The number of methoxy groups -OCH3 is 2. The lowest BCUT2D eigenvalue weighted by molar-refractivity contribution is 0.103. The smallest absolute Gasteiger partial charge is 0.197 e. The van der Waals surface area contributed by atoms with Crippen molar-refractivity contribution in [1.29, 1.82) is 0 Å². The fourth-order valence-electron chi connectivity index (χ4n) is 1.83. The molecule has 0 aliphatic carbocycles. The van der Waals surface area contributed by atoms with Crippen molar-refractivity contribution in [2.45, 2.75) is 6.92 Å². The molecule has 0 fully saturated rings. The van der Waals surface area contributed by atoms with Crippen molar-refractivity contribution in [3.8, 4) is 11.5 Å². The van der Waals surface area contributed by atoms with Gasteiger partial charge in [-0.3, -0.25) is 9.78 Å². The largest absolute Gasteiger partial charge is 0.497 e. The van der Waals surface area contributed by atoms with Crippen LogP contribution >= 0.6 is 0 Å². The summed E-state index contributed by atoms with van der Waals surface area (Å²) in [5, 5.41) is 0. The molecule has 98 valence electrons. The van der Waals surface area contributed by atoms with Crippen LogP contribution in [-0.4, -0.2) is 25.0 Å². The van der Waals surface area contributed by atoms with Crippen LogP contribution in [0.5, 0.6) is 11.5 Å². The molecule has 0 aliphatic rings. The van der Waals surface area contributed by atoms with Gasteiger partial charge in [-0.15, -0.1) is 0 Å². The monoisotopic (exact) mass is 257 g/mol. The number of nitrogens with zero attached hydrogens (tertiary/aromatic N) is 1. The van der Waals surface area contributed by atoms with Crippen LogP contribution in [0.4, 0.5) is 0 Å². The molecule has 0 saturated heterocycles. The molecule has 1 aromatic carbocycles. The molecule has 2 aromatic rings. The summed E-state index contributed by atoms with van der Waals surface area (Å²) < 4.78 is 10.4. The van der Waals surface area contributed by atoms with Gasteiger partial charge in [-0.1, -0.05) is 0 Å². The van der Waals surface area contributed by atoms with E-state index in [1.807, 2.05) is 6.92 Å². The van der Waals surface area contributed by atoms with E-state index in [4.69, 9.17) is 9.47 Å². The van der Waals surface area contributed by atoms with Crippen LogP contribution in [0.25, 0.3) is 0 Å². The minimum Gasteiger partial charge on any atom is -0.497 e. The molecule has 0 aliphatic heterocycles. The van der Waals surface area contributed by atoms with Gasteiger partial charge in [-0.2, -0.15) is 0 Å². The maximum absolute atomic E-state index is 12.5. The lowest BCUT2D eigenvalue weighted by Gasteiger charge is -2.09. The summed E-state index contributed by atoms with van der Waals surface area (Å²) in [7, 11) is 3.10. The van der Waals surface area contributed by atoms with Crippen LogP contribution in [0.2, 0.25) is 0 Å². The Kier molecular flexibility index (Phi) is 3.80. The Labute approximate surface area is 112 Å². The molecule has 0 spiro atoms. The Bertz CT molecular complexity index is 608. The van der Waals surface area contributed by atoms with Crippen molar-refractivity contribution in [3.63, 3.8) is 0 Å². The number of ketones is 1. The molecule has 1 aromatic heterocycles. The van der Waals surface area contributed by atoms with Gasteiger partial charge < -0.3 is 9.47 Å². The number of hydrogen-bond donors (Lipinski definition) is 0. The molecule has 0 N–H and O–H groups in total. The van der Waals surface area contributed by atoms with Crippen LogP contribution in [0.1, 0.15) is 21.6 Å². The third-order valence-electron chi connectivity index (χ3n) is 2.81. The summed E-state index contributed by atoms with van der Waals surface area (Å²) in [5.41, 5.74) is 1.86. The van der Waals surface area contributed by atoms with Crippen molar-refractivity contribution in [1.82, 2.24) is 4.98 Å². The summed E-state index contributed by atoms with van der Waals surface area (Å²) in [6, 6.07) is 8.60. The van der Waals surface area contributed by atoms with Crippen molar-refractivity contribution in [2.75, 3.05) is 14.2 Å². The lowest BCUT2D eigenvalue weighted by atomic mass is 10.0. The number of carbonyl (C=O) groups is 1. The minimum atomic E-state index is -0.110. The van der Waals surface area contributed by atoms with E-state index < -0.39 is 0 Å². The van der Waals surface area contributed by atoms with Crippen molar-refractivity contribution < 1.29 is 14.3 Å². The molecule has 0 amide bonds. The Morgan fingerprint density at radius 3 is 2.53 bits per heavy atom. The number of carbonyl (C=O) groups excluding carboxylic acids is 1. The summed E-state index contributed by atoms with van der Waals surface area (Å²) in [5.74, 6) is 1.04. The summed E-state index contributed by atoms with van der Waals surface area (Å²) >= 11 is 0. The van der Waals surface area contributed by atoms with Crippen LogP contribution in [-0.2, 0) is 0 Å². The second-order valence-electron chi connectivity index (χ2n) is 4.08. The van der Waals surface area contributed by atoms with Gasteiger partial charge in [0, 0.05) is 17.5 Å². The first-order valence-electron chi connectivity index (χ1n) is 5.85. The number of ether oxygens (including phenoxy) is 2. The molecule has 0 saturated carbocycles. The predicted octanol–water partition coefficient (Wildman–Crippen LogP) is 2.64. The molecule has 1 heterocycles. The van der Waals surface area contributed by atoms with Gasteiger partial charge in [-0.05, 0) is 37.3 Å². The van der Waals surface area contributed by atoms with E-state index in [0.717, 1.165) is 5.69 Å². The number of hydrogen-bond acceptors (Lipinski definition) is 4. The van der Waals surface area contributed by atoms with Gasteiger partial charge in [0.15, 0.2) is 5.78 Å². The van der Waals surface area contributed by atoms with E-state index in [9.17, 15) is 4.79 Å². The molecule has 4 heteroatoms. The highest BCUT2D eigenvalue weighted by Crippen LogP contribution is 2.26. The minimum absolute atomic E-state index is 0.110. The third-order valence-corrected chi connectivity index (χ3v) is 2.81. The molecule has 2 rings (SSSR count). The third kappa shape index (κ3) is 2.73. The second-order valence-corrected chi connectivity index (χ2v) is 4.08. The predicted molar refractivity (Wildman–Crippen MR) is 72.0 cm³/mol. The number of rotatable bonds is 4. The zero-order valence-corrected chi connectivity index (χ0v) is 11.1. The highest BCUT2D eigenvalue weighted by molar-refractivity contribution is 6.11. The average Bonchev–Trinajstić information content (AvgIpc) is 2.45. The summed E-state index contributed by atoms with van der Waals surface area (Å²) in [6.45, 7) is 1.85. The first-order chi connectivity index (χ1) is 9.15. The van der Waals surface area contributed by atoms with Gasteiger partial charge in [-0.25, -0.2) is 0 Å². The lowest BCUT2D eigenvalue weighted by Crippen LogP contribution is -2.05. The molecule has 0 atom stereocenters. The molecule has 19 heavy (non-hydrogen) atoms. The Hall–Kier alpha value is -2.36. The Morgan fingerprint density at radius 1 is 1.11 bits per heavy atom. The van der Waals surface area contributed by atoms with Crippen molar-refractivity contribution in [2.24, 2.45) is 0 Å². The van der Waals surface area contributed by atoms with Crippen LogP contribution in [0.3, 0.4) is 0 Å². The maximum atomic E-state index is 12.5. The summed E-state index contributed by atoms with van der Waals surface area (Å²) in [6.07, 6.45) is 1.62. The standard InChI is InChI=1S/C15H15NO3/c1-10-8-11(6-7-16-10)15(17)13-9-12(18-2)4-5-14(13)19-3/h4-9H,1-3H3. The summed E-state index contributed by atoms with van der Waals surface area (Å²) in [4.78, 5) is 16.6. The highest BCUT2D eigenvalue weighted by atomic mass is 16.5. The SMILES string of the molecule is COc1ccc(OC)c(C(=O)c2ccnc(C)c2)c1. The van der Waals surface area contributed by atoms with E-state index in [0.29, 0.717) is 22.6 Å². The Balaban J connectivity index is 2.48. The number of benzene rings is 1. The first-order valence-corrected chi connectivity index (χ1v) is 5.85. The maximum Gasteiger partial charge on any atom is 0.197 e. The van der Waals surface area contributed by atoms with Crippen LogP contribution in [0, 0.1) is 6.92 Å². The zero-order valence-electron chi connectivity index (χ0n) is 11.1. The topological polar surface area (TPSA) is 48.4 Å². The fraction of sp³-hybridized carbons (Fsp3) is 0.200. The average molecular weight is 257 g/mol. The molecule has 0 unspecified atom stereocenters. The van der Waals surface area contributed by atoms with Crippen LogP contribution in [0.15, 0.2) is 36.5 Å². The molecule has 0 bridgehead atoms. The van der Waals surface area contributed by atoms with E-state index in [1.165, 1.54) is 7.11 Å². The highest BCUT2D eigenvalue weighted by Gasteiger charge is 2.15. The van der Waals surface area contributed by atoms with E-state index in [-0.39, 0.29) is 5.78 Å². The molecular weight excluding hydrogens is 242 g/mol. The van der Waals surface area contributed by atoms with E-state index in [2.05, 4.69) is 4.98 Å². The van der Waals surface area contributed by atoms with Gasteiger partial charge in [0.25, 0.3) is 0 Å². The Morgan fingerprint density at radius 2 is 1.89 bits per heavy atom. The van der Waals surface area contributed by atoms with E-state index >= 15 is 0 Å². The molecule has 4 nitrogen and oxygen atoms in total. The quantitative estimate of drug-likeness (QED) is 0.790. The van der Waals surface area contributed by atoms with Crippen molar-refractivity contribution >= 4 is 5.78 Å². The van der Waals surface area contributed by atoms with Crippen molar-refractivity contribution in [3.05, 3.63) is 53.3 Å². The second kappa shape index (κ2) is 5.52. The zero-order chi connectivity index (χ0) is 13.8. The molecular formula is C15H15NO3. The van der Waals surface area contributed by atoms with Gasteiger partial charge in [0.05, 0.1) is 19.8 Å². The number of aromatic nitrogens is 1. The number of aryl methyl sites for hydroxylation is 1. The van der Waals surface area contributed by atoms with Crippen LogP contribution < -0.4 is 9.47 Å². The van der Waals surface area contributed by atoms with E-state index in [1.54, 1.807) is 43.6 Å². The van der Waals surface area contributed by atoms with Gasteiger partial charge in [0.2, 0.25) is 0 Å². The number of pyridine rings is 1.